The summed E-state index contributed by atoms with van der Waals surface area (Å²) in [6, 6.07) is 1.57. The first-order valence-corrected chi connectivity index (χ1v) is 4.97. The van der Waals surface area contributed by atoms with E-state index < -0.39 is 0 Å². The van der Waals surface area contributed by atoms with Gasteiger partial charge in [-0.15, -0.1) is 0 Å². The van der Waals surface area contributed by atoms with E-state index in [2.05, 4.69) is 31.0 Å². The number of aryl methyl sites for hydroxylation is 1. The lowest BCUT2D eigenvalue weighted by molar-refractivity contribution is 0.102. The van der Waals surface area contributed by atoms with Gasteiger partial charge in [0, 0.05) is 13.2 Å². The molecule has 0 saturated carbocycles. The highest BCUT2D eigenvalue weighted by molar-refractivity contribution is 9.10. The van der Waals surface area contributed by atoms with Crippen LogP contribution < -0.4 is 0 Å². The van der Waals surface area contributed by atoms with Crippen molar-refractivity contribution in [2.75, 3.05) is 0 Å². The zero-order chi connectivity index (χ0) is 10.8. The molecule has 15 heavy (non-hydrogen) atoms. The average Bonchev–Trinajstić information content (AvgIpc) is 2.59. The van der Waals surface area contributed by atoms with Gasteiger partial charge < -0.3 is 0 Å². The summed E-state index contributed by atoms with van der Waals surface area (Å²) in [5, 5.41) is 3.97. The third-order valence-corrected chi connectivity index (χ3v) is 2.50. The number of carbonyl (C=O) groups is 1. The van der Waals surface area contributed by atoms with Gasteiger partial charge in [-0.2, -0.15) is 5.10 Å². The highest BCUT2D eigenvalue weighted by Crippen LogP contribution is 2.17. The first-order valence-electron chi connectivity index (χ1n) is 4.18. The van der Waals surface area contributed by atoms with Crippen molar-refractivity contribution in [3.8, 4) is 0 Å². The van der Waals surface area contributed by atoms with Crippen LogP contribution in [0.3, 0.4) is 0 Å². The summed E-state index contributed by atoms with van der Waals surface area (Å²) in [6.07, 6.45) is 4.45. The van der Waals surface area contributed by atoms with Crippen LogP contribution in [-0.2, 0) is 7.05 Å². The molecule has 0 spiro atoms. The molecule has 0 aliphatic carbocycles. The van der Waals surface area contributed by atoms with Gasteiger partial charge in [-0.3, -0.25) is 9.48 Å². The van der Waals surface area contributed by atoms with Crippen molar-refractivity contribution < 1.29 is 4.79 Å². The summed E-state index contributed by atoms with van der Waals surface area (Å²) in [5.41, 5.74) is 0.836. The van der Waals surface area contributed by atoms with Gasteiger partial charge in [0.05, 0.1) is 10.7 Å². The van der Waals surface area contributed by atoms with Gasteiger partial charge in [0.1, 0.15) is 17.7 Å². The second-order valence-corrected chi connectivity index (χ2v) is 3.74. The molecule has 2 aromatic rings. The Bertz CT molecular complexity index is 475. The predicted molar refractivity (Wildman–Crippen MR) is 56.4 cm³/mol. The smallest absolute Gasteiger partial charge is 0.230 e. The number of hydrogen-bond acceptors (Lipinski definition) is 4. The molecule has 0 unspecified atom stereocenters. The standard InChI is InChI=1S/C9H7BrN4O/c1-14-8(6(10)4-13-14)9(15)7-2-3-11-5-12-7/h2-5H,1H3. The van der Waals surface area contributed by atoms with E-state index in [1.54, 1.807) is 19.3 Å². The van der Waals surface area contributed by atoms with Gasteiger partial charge in [0.2, 0.25) is 5.78 Å². The van der Waals surface area contributed by atoms with E-state index in [1.165, 1.54) is 17.2 Å². The minimum atomic E-state index is -0.177. The molecular weight excluding hydrogens is 260 g/mol. The van der Waals surface area contributed by atoms with E-state index in [9.17, 15) is 4.79 Å². The van der Waals surface area contributed by atoms with Crippen LogP contribution in [0.5, 0.6) is 0 Å². The summed E-state index contributed by atoms with van der Waals surface area (Å²) >= 11 is 3.27. The molecule has 0 amide bonds. The Morgan fingerprint density at radius 1 is 1.53 bits per heavy atom. The van der Waals surface area contributed by atoms with Crippen LogP contribution in [-0.4, -0.2) is 25.5 Å². The fraction of sp³-hybridized carbons (Fsp3) is 0.111. The Morgan fingerprint density at radius 3 is 2.87 bits per heavy atom. The maximum atomic E-state index is 12.0. The molecule has 0 aliphatic heterocycles. The van der Waals surface area contributed by atoms with Crippen LogP contribution in [0.25, 0.3) is 0 Å². The van der Waals surface area contributed by atoms with Gasteiger partial charge in [-0.25, -0.2) is 9.97 Å². The quantitative estimate of drug-likeness (QED) is 0.767. The molecule has 2 heterocycles. The van der Waals surface area contributed by atoms with Crippen LogP contribution in [0.15, 0.2) is 29.3 Å². The van der Waals surface area contributed by atoms with Crippen molar-refractivity contribution in [3.63, 3.8) is 0 Å². The van der Waals surface area contributed by atoms with Crippen molar-refractivity contribution in [2.45, 2.75) is 0 Å². The number of ketones is 1. The molecule has 76 valence electrons. The molecule has 0 N–H and O–H groups in total. The number of hydrogen-bond donors (Lipinski definition) is 0. The predicted octanol–water partition coefficient (Wildman–Crippen LogP) is 1.20. The molecule has 0 fully saturated rings. The van der Waals surface area contributed by atoms with Crippen molar-refractivity contribution in [1.82, 2.24) is 19.7 Å². The van der Waals surface area contributed by atoms with E-state index in [0.717, 1.165) is 0 Å². The van der Waals surface area contributed by atoms with Crippen molar-refractivity contribution in [3.05, 3.63) is 40.6 Å². The van der Waals surface area contributed by atoms with E-state index in [1.807, 2.05) is 0 Å². The highest BCUT2D eigenvalue weighted by atomic mass is 79.9. The number of halogens is 1. The van der Waals surface area contributed by atoms with Gasteiger partial charge in [-0.1, -0.05) is 0 Å². The molecule has 0 radical (unpaired) electrons. The molecule has 0 aromatic carbocycles. The summed E-state index contributed by atoms with van der Waals surface area (Å²) in [7, 11) is 1.71. The van der Waals surface area contributed by atoms with E-state index in [-0.39, 0.29) is 5.78 Å². The monoisotopic (exact) mass is 266 g/mol. The maximum absolute atomic E-state index is 12.0. The number of aromatic nitrogens is 4. The molecule has 2 aromatic heterocycles. The van der Waals surface area contributed by atoms with Crippen LogP contribution in [0.2, 0.25) is 0 Å². The van der Waals surface area contributed by atoms with Crippen LogP contribution in [0.4, 0.5) is 0 Å². The minimum absolute atomic E-state index is 0.177. The normalized spacial score (nSPS) is 10.3. The van der Waals surface area contributed by atoms with Crippen molar-refractivity contribution in [2.24, 2.45) is 7.05 Å². The number of rotatable bonds is 2. The molecule has 0 bridgehead atoms. The molecule has 0 saturated heterocycles. The third kappa shape index (κ3) is 1.80. The van der Waals surface area contributed by atoms with Gasteiger partial charge in [0.15, 0.2) is 0 Å². The van der Waals surface area contributed by atoms with Crippen LogP contribution in [0, 0.1) is 0 Å². The molecule has 0 aliphatic rings. The molecular formula is C9H7BrN4O. The fourth-order valence-corrected chi connectivity index (χ4v) is 1.74. The van der Waals surface area contributed by atoms with Crippen LogP contribution in [0.1, 0.15) is 16.2 Å². The van der Waals surface area contributed by atoms with E-state index in [0.29, 0.717) is 15.9 Å². The van der Waals surface area contributed by atoms with Crippen molar-refractivity contribution >= 4 is 21.7 Å². The van der Waals surface area contributed by atoms with Gasteiger partial charge in [-0.05, 0) is 22.0 Å². The first kappa shape index (κ1) is 9.97. The van der Waals surface area contributed by atoms with E-state index >= 15 is 0 Å². The molecule has 0 atom stereocenters. The number of nitrogens with zero attached hydrogens (tertiary/aromatic N) is 4. The zero-order valence-corrected chi connectivity index (χ0v) is 9.47. The Balaban J connectivity index is 2.46. The SMILES string of the molecule is Cn1ncc(Br)c1C(=O)c1ccncn1. The lowest BCUT2D eigenvalue weighted by atomic mass is 10.2. The van der Waals surface area contributed by atoms with Crippen LogP contribution >= 0.6 is 15.9 Å². The van der Waals surface area contributed by atoms with Gasteiger partial charge >= 0.3 is 0 Å². The molecule has 5 nitrogen and oxygen atoms in total. The summed E-state index contributed by atoms with van der Waals surface area (Å²) in [4.78, 5) is 19.6. The summed E-state index contributed by atoms with van der Waals surface area (Å²) < 4.78 is 2.17. The number of carbonyl (C=O) groups excluding carboxylic acids is 1. The second-order valence-electron chi connectivity index (χ2n) is 2.89. The Kier molecular flexibility index (Phi) is 2.59. The molecule has 6 heteroatoms. The summed E-state index contributed by atoms with van der Waals surface area (Å²) in [6.45, 7) is 0. The van der Waals surface area contributed by atoms with Crippen molar-refractivity contribution in [1.29, 1.82) is 0 Å². The lowest BCUT2D eigenvalue weighted by Gasteiger charge is -2.00. The lowest BCUT2D eigenvalue weighted by Crippen LogP contribution is -2.10. The zero-order valence-electron chi connectivity index (χ0n) is 7.88. The Hall–Kier alpha value is -1.56. The summed E-state index contributed by atoms with van der Waals surface area (Å²) in [5.74, 6) is -0.177. The Morgan fingerprint density at radius 2 is 2.33 bits per heavy atom. The maximum Gasteiger partial charge on any atom is 0.230 e. The Labute approximate surface area is 94.3 Å². The second kappa shape index (κ2) is 3.90. The topological polar surface area (TPSA) is 60.7 Å². The van der Waals surface area contributed by atoms with E-state index in [4.69, 9.17) is 0 Å². The first-order chi connectivity index (χ1) is 7.20. The third-order valence-electron chi connectivity index (χ3n) is 1.92. The van der Waals surface area contributed by atoms with Gasteiger partial charge in [0.25, 0.3) is 0 Å². The average molecular weight is 267 g/mol. The largest absolute Gasteiger partial charge is 0.285 e. The fourth-order valence-electron chi connectivity index (χ4n) is 1.21. The minimum Gasteiger partial charge on any atom is -0.285 e. The molecule has 2 rings (SSSR count). The highest BCUT2D eigenvalue weighted by Gasteiger charge is 2.17.